The zero-order chi connectivity index (χ0) is 21.8. The van der Waals surface area contributed by atoms with Crippen LogP contribution in [0.4, 0.5) is 5.82 Å². The molecule has 0 radical (unpaired) electrons. The van der Waals surface area contributed by atoms with Gasteiger partial charge in [0.1, 0.15) is 5.82 Å². The molecule has 156 valence electrons. The van der Waals surface area contributed by atoms with Crippen molar-refractivity contribution in [2.75, 3.05) is 12.9 Å². The van der Waals surface area contributed by atoms with Gasteiger partial charge in [-0.3, -0.25) is 0 Å². The fourth-order valence-electron chi connectivity index (χ4n) is 2.43. The van der Waals surface area contributed by atoms with Crippen molar-refractivity contribution in [1.29, 1.82) is 0 Å². The van der Waals surface area contributed by atoms with Crippen LogP contribution in [0.1, 0.15) is 46.6 Å². The monoisotopic (exact) mass is 423 g/mol. The summed E-state index contributed by atoms with van der Waals surface area (Å²) in [5, 5.41) is 15.4. The van der Waals surface area contributed by atoms with E-state index in [-0.39, 0.29) is 17.5 Å². The lowest BCUT2D eigenvalue weighted by molar-refractivity contribution is 0.0519. The Balaban J connectivity index is 3.48. The fourth-order valence-corrected chi connectivity index (χ4v) is 3.86. The van der Waals surface area contributed by atoms with Crippen molar-refractivity contribution >= 4 is 25.9 Å². The van der Waals surface area contributed by atoms with Crippen LogP contribution in [0.2, 0.25) is 18.1 Å². The molecule has 9 heteroatoms. The second-order valence-corrected chi connectivity index (χ2v) is 14.5. The van der Waals surface area contributed by atoms with Gasteiger partial charge in [0.25, 0.3) is 0 Å². The molecule has 0 bridgehead atoms. The summed E-state index contributed by atoms with van der Waals surface area (Å²) in [6.45, 7) is 18.8. The molecule has 1 heterocycles. The fraction of sp³-hybridized carbons (Fsp3) is 0.684. The Hall–Kier alpha value is -1.38. The largest absolute Gasteiger partial charge is 0.416 e. The lowest BCUT2D eigenvalue weighted by atomic mass is 9.76. The second-order valence-electron chi connectivity index (χ2n) is 8.93. The van der Waals surface area contributed by atoms with Crippen LogP contribution in [0.5, 0.6) is 0 Å². The summed E-state index contributed by atoms with van der Waals surface area (Å²) < 4.78 is 6.46. The van der Waals surface area contributed by atoms with Gasteiger partial charge in [-0.1, -0.05) is 45.0 Å². The van der Waals surface area contributed by atoms with Crippen molar-refractivity contribution < 1.29 is 9.53 Å². The molecule has 0 aliphatic heterocycles. The number of rotatable bonds is 9. The van der Waals surface area contributed by atoms with E-state index >= 15 is 0 Å². The average Bonchev–Trinajstić information content (AvgIpc) is 2.58. The van der Waals surface area contributed by atoms with E-state index in [9.17, 15) is 5.11 Å². The van der Waals surface area contributed by atoms with Crippen molar-refractivity contribution in [3.05, 3.63) is 34.4 Å². The molecule has 2 atom stereocenters. The molecule has 28 heavy (non-hydrogen) atoms. The van der Waals surface area contributed by atoms with Gasteiger partial charge in [-0.2, -0.15) is 0 Å². The van der Waals surface area contributed by atoms with Crippen molar-refractivity contribution in [2.24, 2.45) is 5.11 Å². The maximum atomic E-state index is 11.1. The van der Waals surface area contributed by atoms with Gasteiger partial charge in [0.15, 0.2) is 13.5 Å². The average molecular weight is 424 g/mol. The first-order valence-electron chi connectivity index (χ1n) is 9.21. The summed E-state index contributed by atoms with van der Waals surface area (Å²) in [4.78, 5) is 11.6. The molecule has 0 amide bonds. The molecule has 7 nitrogen and oxygen atoms in total. The Labute approximate surface area is 173 Å². The van der Waals surface area contributed by atoms with Gasteiger partial charge < -0.3 is 9.53 Å². The summed E-state index contributed by atoms with van der Waals surface area (Å²) in [6.07, 6.45) is 3.10. The summed E-state index contributed by atoms with van der Waals surface area (Å²) in [6, 6.07) is 0. The van der Waals surface area contributed by atoms with Crippen LogP contribution < -0.4 is 0 Å². The van der Waals surface area contributed by atoms with Crippen LogP contribution in [0.25, 0.3) is 10.4 Å². The molecule has 1 aromatic heterocycles. The number of aromatic nitrogens is 2. The Morgan fingerprint density at radius 1 is 1.43 bits per heavy atom. The highest BCUT2D eigenvalue weighted by Crippen LogP contribution is 2.41. The molecule has 0 aliphatic carbocycles. The van der Waals surface area contributed by atoms with E-state index in [1.165, 1.54) is 11.8 Å². The van der Waals surface area contributed by atoms with Gasteiger partial charge in [0.05, 0.1) is 6.10 Å². The molecule has 0 saturated heterocycles. The van der Waals surface area contributed by atoms with E-state index in [0.29, 0.717) is 17.1 Å². The molecule has 1 N–H and O–H groups in total. The summed E-state index contributed by atoms with van der Waals surface area (Å²) in [5.41, 5.74) is 9.60. The van der Waals surface area contributed by atoms with Crippen LogP contribution >= 0.6 is 11.8 Å². The van der Waals surface area contributed by atoms with E-state index in [2.05, 4.69) is 60.4 Å². The normalized spacial score (nSPS) is 15.5. The minimum atomic E-state index is -2.07. The van der Waals surface area contributed by atoms with Gasteiger partial charge in [0, 0.05) is 28.7 Å². The molecule has 0 aromatic carbocycles. The first kappa shape index (κ1) is 24.7. The van der Waals surface area contributed by atoms with Crippen LogP contribution in [0.15, 0.2) is 28.6 Å². The highest BCUT2D eigenvalue weighted by Gasteiger charge is 2.43. The minimum absolute atomic E-state index is 0.0278. The quantitative estimate of drug-likeness (QED) is 0.104. The molecule has 0 fully saturated rings. The van der Waals surface area contributed by atoms with Crippen LogP contribution in [-0.4, -0.2) is 42.4 Å². The predicted molar refractivity (Wildman–Crippen MR) is 119 cm³/mol. The predicted octanol–water partition coefficient (Wildman–Crippen LogP) is 5.75. The van der Waals surface area contributed by atoms with Gasteiger partial charge in [-0.25, -0.2) is 9.97 Å². The van der Waals surface area contributed by atoms with E-state index in [0.717, 1.165) is 5.57 Å². The van der Waals surface area contributed by atoms with E-state index < -0.39 is 19.8 Å². The Morgan fingerprint density at radius 2 is 2.04 bits per heavy atom. The molecule has 0 saturated carbocycles. The van der Waals surface area contributed by atoms with Crippen LogP contribution in [0.3, 0.4) is 0 Å². The lowest BCUT2D eigenvalue weighted by Crippen LogP contribution is -2.48. The van der Waals surface area contributed by atoms with E-state index in [1.807, 2.05) is 20.1 Å². The third-order valence-electron chi connectivity index (χ3n) is 5.50. The zero-order valence-electron chi connectivity index (χ0n) is 18.3. The summed E-state index contributed by atoms with van der Waals surface area (Å²) in [5.74, 6) is 0.226. The molecule has 1 aromatic rings. The van der Waals surface area contributed by atoms with Gasteiger partial charge in [-0.05, 0) is 48.4 Å². The van der Waals surface area contributed by atoms with Crippen molar-refractivity contribution in [2.45, 2.75) is 75.8 Å². The maximum Gasteiger partial charge on any atom is 0.192 e. The number of nitrogens with zero attached hydrogens (tertiary/aromatic N) is 5. The third kappa shape index (κ3) is 5.81. The molecule has 1 rings (SSSR count). The minimum Gasteiger partial charge on any atom is -0.416 e. The Morgan fingerprint density at radius 3 is 2.50 bits per heavy atom. The molecule has 0 unspecified atom stereocenters. The maximum absolute atomic E-state index is 11.1. The smallest absolute Gasteiger partial charge is 0.192 e. The van der Waals surface area contributed by atoms with Gasteiger partial charge >= 0.3 is 0 Å². The highest BCUT2D eigenvalue weighted by atomic mass is 32.2. The van der Waals surface area contributed by atoms with Gasteiger partial charge in [0.2, 0.25) is 0 Å². The standard InChI is InChI=1S/C19H33N5O2SSi/c1-13(2)10-15(25)19(6,12-26-28(8,9)18(3,4)5)14-11-21-17(27-7)22-16(14)23-24-20/h11,15,25H,1,10,12H2,2-9H3/t15-,19+/m0/s1. The zero-order valence-corrected chi connectivity index (χ0v) is 20.1. The lowest BCUT2D eigenvalue weighted by Gasteiger charge is -2.42. The number of aliphatic hydroxyl groups excluding tert-OH is 1. The molecule has 0 spiro atoms. The number of azide groups is 1. The molecule has 0 aliphatic rings. The Kier molecular flexibility index (Phi) is 8.29. The third-order valence-corrected chi connectivity index (χ3v) is 10.5. The second kappa shape index (κ2) is 9.41. The number of aliphatic hydroxyl groups is 1. The highest BCUT2D eigenvalue weighted by molar-refractivity contribution is 7.98. The molecular weight excluding hydrogens is 390 g/mol. The van der Waals surface area contributed by atoms with Crippen LogP contribution in [0, 0.1) is 0 Å². The molecular formula is C19H33N5O2SSi. The van der Waals surface area contributed by atoms with Crippen LogP contribution in [-0.2, 0) is 9.84 Å². The van der Waals surface area contributed by atoms with Gasteiger partial charge in [-0.15, -0.1) is 6.58 Å². The summed E-state index contributed by atoms with van der Waals surface area (Å²) in [7, 11) is -2.07. The van der Waals surface area contributed by atoms with E-state index in [1.54, 1.807) is 6.20 Å². The number of hydrogen-bond acceptors (Lipinski definition) is 6. The topological polar surface area (TPSA) is 104 Å². The SMILES string of the molecule is C=C(C)C[C@H](O)[C@](C)(CO[Si](C)(C)C(C)(C)C)c1cnc(SC)nc1N=[N+]=[N-]. The Bertz CT molecular complexity index is 759. The van der Waals surface area contributed by atoms with E-state index in [4.69, 9.17) is 9.96 Å². The van der Waals surface area contributed by atoms with Crippen molar-refractivity contribution in [3.63, 3.8) is 0 Å². The first-order chi connectivity index (χ1) is 12.8. The van der Waals surface area contributed by atoms with Crippen molar-refractivity contribution in [1.82, 2.24) is 9.97 Å². The number of hydrogen-bond donors (Lipinski definition) is 1. The summed E-state index contributed by atoms with van der Waals surface area (Å²) >= 11 is 1.36. The number of thioether (sulfide) groups is 1. The van der Waals surface area contributed by atoms with Crippen molar-refractivity contribution in [3.8, 4) is 0 Å². The first-order valence-corrected chi connectivity index (χ1v) is 13.3.